The Labute approximate surface area is 136 Å². The molecule has 0 bridgehead atoms. The highest BCUT2D eigenvalue weighted by Gasteiger charge is 2.26. The number of likely N-dealkylation sites (tertiary alicyclic amines) is 1. The molecule has 1 saturated heterocycles. The van der Waals surface area contributed by atoms with Crippen LogP contribution in [0.2, 0.25) is 0 Å². The van der Waals surface area contributed by atoms with E-state index in [0.29, 0.717) is 12.3 Å². The van der Waals surface area contributed by atoms with Crippen molar-refractivity contribution >= 4 is 11.7 Å². The summed E-state index contributed by atoms with van der Waals surface area (Å²) in [6, 6.07) is 9.93. The van der Waals surface area contributed by atoms with Crippen LogP contribution in [0.1, 0.15) is 30.0 Å². The van der Waals surface area contributed by atoms with E-state index in [-0.39, 0.29) is 5.91 Å². The fourth-order valence-electron chi connectivity index (χ4n) is 3.12. The van der Waals surface area contributed by atoms with Gasteiger partial charge in [0.1, 0.15) is 5.82 Å². The molecule has 3 rings (SSSR count). The third kappa shape index (κ3) is 3.67. The van der Waals surface area contributed by atoms with Crippen molar-refractivity contribution in [1.82, 2.24) is 14.9 Å². The standard InChI is InChI=1S/C18H22N4O/c1-19-18-17(20-9-10-21-18)15-7-11-22(12-8-15)16(23)13-14-5-3-2-4-6-14/h2-6,9-10,15H,7-8,11-13H2,1H3,(H,19,21). The Morgan fingerprint density at radius 2 is 1.87 bits per heavy atom. The van der Waals surface area contributed by atoms with Crippen LogP contribution in [0.3, 0.4) is 0 Å². The molecule has 120 valence electrons. The molecular weight excluding hydrogens is 288 g/mol. The zero-order chi connectivity index (χ0) is 16.1. The molecule has 1 aliphatic heterocycles. The van der Waals surface area contributed by atoms with E-state index < -0.39 is 0 Å². The Bertz CT molecular complexity index is 651. The van der Waals surface area contributed by atoms with Crippen LogP contribution in [-0.4, -0.2) is 40.9 Å². The van der Waals surface area contributed by atoms with Crippen LogP contribution in [-0.2, 0) is 11.2 Å². The molecule has 2 heterocycles. The molecule has 0 radical (unpaired) electrons. The third-order valence-electron chi connectivity index (χ3n) is 4.40. The van der Waals surface area contributed by atoms with Gasteiger partial charge in [-0.15, -0.1) is 0 Å². The molecule has 0 saturated carbocycles. The molecule has 1 aromatic heterocycles. The summed E-state index contributed by atoms with van der Waals surface area (Å²) < 4.78 is 0. The van der Waals surface area contributed by atoms with E-state index in [0.717, 1.165) is 43.0 Å². The zero-order valence-corrected chi connectivity index (χ0v) is 13.4. The number of aromatic nitrogens is 2. The molecule has 0 spiro atoms. The summed E-state index contributed by atoms with van der Waals surface area (Å²) in [6.45, 7) is 1.58. The molecule has 1 amide bonds. The van der Waals surface area contributed by atoms with Gasteiger partial charge in [-0.1, -0.05) is 30.3 Å². The number of carbonyl (C=O) groups is 1. The van der Waals surface area contributed by atoms with Gasteiger partial charge in [0.25, 0.3) is 0 Å². The maximum Gasteiger partial charge on any atom is 0.226 e. The average Bonchev–Trinajstić information content (AvgIpc) is 2.62. The number of rotatable bonds is 4. The molecule has 5 heteroatoms. The van der Waals surface area contributed by atoms with Crippen LogP contribution in [0.25, 0.3) is 0 Å². The summed E-state index contributed by atoms with van der Waals surface area (Å²) in [5.74, 6) is 1.43. The van der Waals surface area contributed by atoms with Crippen LogP contribution in [0, 0.1) is 0 Å². The van der Waals surface area contributed by atoms with E-state index in [4.69, 9.17) is 0 Å². The summed E-state index contributed by atoms with van der Waals surface area (Å²) in [5.41, 5.74) is 2.09. The summed E-state index contributed by atoms with van der Waals surface area (Å²) in [7, 11) is 1.87. The van der Waals surface area contributed by atoms with Gasteiger partial charge in [-0.2, -0.15) is 0 Å². The molecule has 1 aliphatic rings. The van der Waals surface area contributed by atoms with Gasteiger partial charge >= 0.3 is 0 Å². The fraction of sp³-hybridized carbons (Fsp3) is 0.389. The van der Waals surface area contributed by atoms with E-state index in [9.17, 15) is 4.79 Å². The van der Waals surface area contributed by atoms with E-state index in [1.165, 1.54) is 0 Å². The Morgan fingerprint density at radius 3 is 2.57 bits per heavy atom. The Morgan fingerprint density at radius 1 is 1.17 bits per heavy atom. The minimum absolute atomic E-state index is 0.211. The van der Waals surface area contributed by atoms with Crippen molar-refractivity contribution in [3.8, 4) is 0 Å². The van der Waals surface area contributed by atoms with Gasteiger partial charge in [-0.05, 0) is 18.4 Å². The topological polar surface area (TPSA) is 58.1 Å². The molecule has 5 nitrogen and oxygen atoms in total. The maximum atomic E-state index is 12.4. The molecule has 1 N–H and O–H groups in total. The number of piperidine rings is 1. The number of benzene rings is 1. The molecule has 2 aromatic rings. The minimum Gasteiger partial charge on any atom is -0.372 e. The Balaban J connectivity index is 1.59. The molecular formula is C18H22N4O. The first kappa shape index (κ1) is 15.5. The Hall–Kier alpha value is -2.43. The van der Waals surface area contributed by atoms with Gasteiger partial charge in [-0.3, -0.25) is 9.78 Å². The number of hydrogen-bond donors (Lipinski definition) is 1. The van der Waals surface area contributed by atoms with Crippen molar-refractivity contribution < 1.29 is 4.79 Å². The van der Waals surface area contributed by atoms with Crippen molar-refractivity contribution in [2.24, 2.45) is 0 Å². The highest BCUT2D eigenvalue weighted by molar-refractivity contribution is 5.78. The predicted molar refractivity (Wildman–Crippen MR) is 90.3 cm³/mol. The first-order valence-electron chi connectivity index (χ1n) is 8.08. The second-order valence-electron chi connectivity index (χ2n) is 5.86. The van der Waals surface area contributed by atoms with Crippen molar-refractivity contribution in [2.45, 2.75) is 25.2 Å². The molecule has 1 aromatic carbocycles. The van der Waals surface area contributed by atoms with E-state index in [2.05, 4.69) is 15.3 Å². The fourth-order valence-corrected chi connectivity index (χ4v) is 3.12. The monoisotopic (exact) mass is 310 g/mol. The molecule has 0 aliphatic carbocycles. The van der Waals surface area contributed by atoms with E-state index in [1.54, 1.807) is 12.4 Å². The van der Waals surface area contributed by atoms with Crippen LogP contribution in [0.4, 0.5) is 5.82 Å². The minimum atomic E-state index is 0.211. The van der Waals surface area contributed by atoms with E-state index in [1.807, 2.05) is 42.3 Å². The zero-order valence-electron chi connectivity index (χ0n) is 13.4. The smallest absolute Gasteiger partial charge is 0.226 e. The van der Waals surface area contributed by atoms with Gasteiger partial charge in [0.05, 0.1) is 12.1 Å². The quantitative estimate of drug-likeness (QED) is 0.942. The lowest BCUT2D eigenvalue weighted by Crippen LogP contribution is -2.39. The molecule has 0 unspecified atom stereocenters. The van der Waals surface area contributed by atoms with Crippen LogP contribution in [0.15, 0.2) is 42.7 Å². The number of nitrogens with zero attached hydrogens (tertiary/aromatic N) is 3. The molecule has 0 atom stereocenters. The highest BCUT2D eigenvalue weighted by atomic mass is 16.2. The van der Waals surface area contributed by atoms with Crippen molar-refractivity contribution in [2.75, 3.05) is 25.5 Å². The SMILES string of the molecule is CNc1nccnc1C1CCN(C(=O)Cc2ccccc2)CC1. The van der Waals surface area contributed by atoms with E-state index >= 15 is 0 Å². The second-order valence-corrected chi connectivity index (χ2v) is 5.86. The lowest BCUT2D eigenvalue weighted by atomic mass is 9.92. The second kappa shape index (κ2) is 7.22. The normalized spacial score (nSPS) is 15.4. The number of amides is 1. The summed E-state index contributed by atoms with van der Waals surface area (Å²) in [4.78, 5) is 23.2. The summed E-state index contributed by atoms with van der Waals surface area (Å²) >= 11 is 0. The van der Waals surface area contributed by atoms with Gasteiger partial charge in [0.2, 0.25) is 5.91 Å². The van der Waals surface area contributed by atoms with Crippen LogP contribution in [0.5, 0.6) is 0 Å². The molecule has 23 heavy (non-hydrogen) atoms. The van der Waals surface area contributed by atoms with Gasteiger partial charge in [-0.25, -0.2) is 4.98 Å². The van der Waals surface area contributed by atoms with Crippen LogP contribution < -0.4 is 5.32 Å². The van der Waals surface area contributed by atoms with Gasteiger partial charge in [0.15, 0.2) is 0 Å². The summed E-state index contributed by atoms with van der Waals surface area (Å²) in [6.07, 6.45) is 5.80. The van der Waals surface area contributed by atoms with Gasteiger partial charge < -0.3 is 10.2 Å². The number of nitrogens with one attached hydrogen (secondary N) is 1. The predicted octanol–water partition coefficient (Wildman–Crippen LogP) is 2.47. The first-order chi connectivity index (χ1) is 11.3. The van der Waals surface area contributed by atoms with Gasteiger partial charge in [0, 0.05) is 38.4 Å². The van der Waals surface area contributed by atoms with Crippen molar-refractivity contribution in [3.63, 3.8) is 0 Å². The lowest BCUT2D eigenvalue weighted by molar-refractivity contribution is -0.131. The summed E-state index contributed by atoms with van der Waals surface area (Å²) in [5, 5.41) is 3.11. The average molecular weight is 310 g/mol. The maximum absolute atomic E-state index is 12.4. The largest absolute Gasteiger partial charge is 0.372 e. The molecule has 1 fully saturated rings. The number of hydrogen-bond acceptors (Lipinski definition) is 4. The Kier molecular flexibility index (Phi) is 4.86. The van der Waals surface area contributed by atoms with Crippen molar-refractivity contribution in [1.29, 1.82) is 0 Å². The third-order valence-corrected chi connectivity index (χ3v) is 4.40. The van der Waals surface area contributed by atoms with Crippen molar-refractivity contribution in [3.05, 3.63) is 54.0 Å². The lowest BCUT2D eigenvalue weighted by Gasteiger charge is -2.32. The van der Waals surface area contributed by atoms with Crippen LogP contribution >= 0.6 is 0 Å². The first-order valence-corrected chi connectivity index (χ1v) is 8.08. The highest BCUT2D eigenvalue weighted by Crippen LogP contribution is 2.30. The number of anilines is 1. The number of carbonyl (C=O) groups excluding carboxylic acids is 1.